The van der Waals surface area contributed by atoms with Gasteiger partial charge in [-0.3, -0.25) is 0 Å². The number of carbonyl (C=O) groups excluding carboxylic acids is 1. The van der Waals surface area contributed by atoms with Gasteiger partial charge in [0.25, 0.3) is 0 Å². The summed E-state index contributed by atoms with van der Waals surface area (Å²) in [5, 5.41) is 23.6. The first-order valence-electron chi connectivity index (χ1n) is 13.9. The van der Waals surface area contributed by atoms with Crippen LogP contribution in [0.25, 0.3) is 0 Å². The quantitative estimate of drug-likeness (QED) is 0.466. The predicted molar refractivity (Wildman–Crippen MR) is 130 cm³/mol. The van der Waals surface area contributed by atoms with E-state index in [9.17, 15) is 15.0 Å². The first kappa shape index (κ1) is 27.2. The van der Waals surface area contributed by atoms with Gasteiger partial charge in [0.1, 0.15) is 0 Å². The third-order valence-corrected chi connectivity index (χ3v) is 13.4. The summed E-state index contributed by atoms with van der Waals surface area (Å²) in [6.07, 6.45) is 11.3. The number of carboxylic acid groups (broad SMARTS) is 1. The summed E-state index contributed by atoms with van der Waals surface area (Å²) in [5.74, 6) is 1.42. The molecule has 0 heterocycles. The van der Waals surface area contributed by atoms with Crippen molar-refractivity contribution in [2.45, 2.75) is 112 Å². The average Bonchev–Trinajstić information content (AvgIpc) is 2.74. The smallest absolute Gasteiger partial charge is 0.550 e. The van der Waals surface area contributed by atoms with E-state index in [2.05, 4.69) is 54.5 Å². The fraction of sp³-hybridized carbons (Fsp3) is 0.900. The number of aliphatic hydroxyl groups is 1. The number of hydrogen-bond donors (Lipinski definition) is 1. The molecule has 5 aliphatic carbocycles. The average molecular weight is 479 g/mol. The van der Waals surface area contributed by atoms with Crippen LogP contribution in [-0.4, -0.2) is 17.2 Å². The minimum absolute atomic E-state index is 0. The topological polar surface area (TPSA) is 60.4 Å². The van der Waals surface area contributed by atoms with Crippen LogP contribution >= 0.6 is 0 Å². The molecule has 1 N–H and O–H groups in total. The van der Waals surface area contributed by atoms with Crippen molar-refractivity contribution in [1.29, 1.82) is 0 Å². The molecule has 4 saturated carbocycles. The standard InChI is InChI=1S/C30H48O3.Na/c1-18-10-15-30(25(32)33)17-16-28(6)20(24(30)19(18)2)8-9-22-27(5)13-12-23(31)26(3,4)21(27)11-14-29(22,28)7;/h8,18-19,21-24,31H,9-17H2,1-7H3,(H,32,33);/q;+1/p-1/t18-,19+,21+,22-,23+,24+,27+,28-,29-,30+;/m1./s1. The zero-order valence-corrected chi connectivity index (χ0v) is 25.2. The monoisotopic (exact) mass is 478 g/mol. The summed E-state index contributed by atoms with van der Waals surface area (Å²) in [6.45, 7) is 16.8. The summed E-state index contributed by atoms with van der Waals surface area (Å²) in [7, 11) is 0. The van der Waals surface area contributed by atoms with Crippen molar-refractivity contribution in [3.8, 4) is 0 Å². The van der Waals surface area contributed by atoms with Gasteiger partial charge in [-0.15, -0.1) is 0 Å². The molecule has 5 rings (SSSR count). The van der Waals surface area contributed by atoms with E-state index in [1.54, 1.807) is 0 Å². The first-order chi connectivity index (χ1) is 15.3. The van der Waals surface area contributed by atoms with E-state index in [0.717, 1.165) is 44.9 Å². The molecule has 0 aromatic heterocycles. The molecule has 0 aliphatic heterocycles. The zero-order chi connectivity index (χ0) is 24.2. The fourth-order valence-electron chi connectivity index (χ4n) is 10.8. The van der Waals surface area contributed by atoms with Crippen molar-refractivity contribution < 1.29 is 44.6 Å². The molecule has 5 aliphatic rings. The summed E-state index contributed by atoms with van der Waals surface area (Å²) < 4.78 is 0. The second kappa shape index (κ2) is 8.34. The minimum atomic E-state index is -0.792. The van der Waals surface area contributed by atoms with Gasteiger partial charge in [-0.05, 0) is 109 Å². The summed E-state index contributed by atoms with van der Waals surface area (Å²) in [6, 6.07) is 0. The van der Waals surface area contributed by atoms with Crippen molar-refractivity contribution in [3.05, 3.63) is 11.6 Å². The second-order valence-corrected chi connectivity index (χ2v) is 14.5. The van der Waals surface area contributed by atoms with Crippen LogP contribution in [0.5, 0.6) is 0 Å². The number of fused-ring (bicyclic) bond motifs is 7. The number of aliphatic hydroxyl groups excluding tert-OH is 1. The van der Waals surface area contributed by atoms with Crippen LogP contribution in [0, 0.1) is 56.7 Å². The molecule has 0 unspecified atom stereocenters. The Morgan fingerprint density at radius 2 is 1.62 bits per heavy atom. The molecule has 0 radical (unpaired) electrons. The van der Waals surface area contributed by atoms with Gasteiger partial charge in [0.05, 0.1) is 6.10 Å². The first-order valence-corrected chi connectivity index (χ1v) is 13.9. The molecule has 3 nitrogen and oxygen atoms in total. The normalized spacial score (nSPS) is 53.7. The molecule has 0 spiro atoms. The molecule has 0 aromatic carbocycles. The van der Waals surface area contributed by atoms with Gasteiger partial charge < -0.3 is 15.0 Å². The molecule has 0 bridgehead atoms. The Bertz CT molecular complexity index is 880. The maximum atomic E-state index is 12.7. The SMILES string of the molecule is C[C@H]1[C@H](C)CC[C@]2(C(=O)[O-])CC[C@]3(C)C(=CC[C@@H]4[C@@]5(C)CC[C@H](O)C(C)(C)[C@@H]5CC[C@]43C)[C@H]12.[Na+]. The molecule has 4 heteroatoms. The van der Waals surface area contributed by atoms with E-state index in [4.69, 9.17) is 0 Å². The van der Waals surface area contributed by atoms with Crippen LogP contribution in [0.2, 0.25) is 0 Å². The molecule has 0 amide bonds. The van der Waals surface area contributed by atoms with Crippen molar-refractivity contribution in [2.24, 2.45) is 56.7 Å². The molecule has 34 heavy (non-hydrogen) atoms. The van der Waals surface area contributed by atoms with E-state index in [1.807, 2.05) is 0 Å². The van der Waals surface area contributed by atoms with E-state index < -0.39 is 11.4 Å². The van der Waals surface area contributed by atoms with Gasteiger partial charge in [0.2, 0.25) is 0 Å². The Hall–Kier alpha value is 0.170. The number of rotatable bonds is 1. The molecule has 0 saturated heterocycles. The molecule has 186 valence electrons. The van der Waals surface area contributed by atoms with Crippen LogP contribution in [0.4, 0.5) is 0 Å². The molecular weight excluding hydrogens is 431 g/mol. The largest absolute Gasteiger partial charge is 1.00 e. The van der Waals surface area contributed by atoms with Crippen molar-refractivity contribution in [2.75, 3.05) is 0 Å². The Morgan fingerprint density at radius 3 is 2.26 bits per heavy atom. The number of allylic oxidation sites excluding steroid dienone is 2. The number of carbonyl (C=O) groups is 1. The Balaban J connectivity index is 0.00000274. The Morgan fingerprint density at radius 1 is 0.941 bits per heavy atom. The van der Waals surface area contributed by atoms with Gasteiger partial charge in [0, 0.05) is 11.4 Å². The van der Waals surface area contributed by atoms with Gasteiger partial charge in [-0.2, -0.15) is 0 Å². The van der Waals surface area contributed by atoms with Crippen LogP contribution in [0.1, 0.15) is 106 Å². The van der Waals surface area contributed by atoms with Crippen molar-refractivity contribution in [1.82, 2.24) is 0 Å². The number of aliphatic carboxylic acids is 1. The van der Waals surface area contributed by atoms with Gasteiger partial charge >= 0.3 is 29.6 Å². The van der Waals surface area contributed by atoms with Crippen molar-refractivity contribution >= 4 is 5.97 Å². The van der Waals surface area contributed by atoms with Crippen molar-refractivity contribution in [3.63, 3.8) is 0 Å². The van der Waals surface area contributed by atoms with Crippen LogP contribution in [-0.2, 0) is 4.79 Å². The predicted octanol–water partition coefficient (Wildman–Crippen LogP) is 2.76. The molecule has 4 fully saturated rings. The Labute approximate surface area is 230 Å². The second-order valence-electron chi connectivity index (χ2n) is 14.5. The van der Waals surface area contributed by atoms with Gasteiger partial charge in [0.15, 0.2) is 0 Å². The number of carboxylic acids is 1. The third kappa shape index (κ3) is 3.18. The Kier molecular flexibility index (Phi) is 6.67. The van der Waals surface area contributed by atoms with Gasteiger partial charge in [-0.1, -0.05) is 60.1 Å². The van der Waals surface area contributed by atoms with E-state index in [0.29, 0.717) is 23.7 Å². The maximum absolute atomic E-state index is 12.7. The van der Waals surface area contributed by atoms with Gasteiger partial charge in [-0.25, -0.2) is 0 Å². The molecular formula is C30H47NaO3. The molecule has 10 atom stereocenters. The summed E-state index contributed by atoms with van der Waals surface area (Å²) in [5.41, 5.74) is 1.24. The van der Waals surface area contributed by atoms with E-state index >= 15 is 0 Å². The third-order valence-electron chi connectivity index (χ3n) is 13.4. The maximum Gasteiger partial charge on any atom is 1.00 e. The number of hydrogen-bond acceptors (Lipinski definition) is 3. The van der Waals surface area contributed by atoms with Crippen LogP contribution in [0.3, 0.4) is 0 Å². The van der Waals surface area contributed by atoms with Crippen LogP contribution in [0.15, 0.2) is 11.6 Å². The summed E-state index contributed by atoms with van der Waals surface area (Å²) in [4.78, 5) is 12.7. The molecule has 0 aromatic rings. The summed E-state index contributed by atoms with van der Waals surface area (Å²) >= 11 is 0. The fourth-order valence-corrected chi connectivity index (χ4v) is 10.8. The van der Waals surface area contributed by atoms with E-state index in [1.165, 1.54) is 18.4 Å². The van der Waals surface area contributed by atoms with E-state index in [-0.39, 0.29) is 63.2 Å². The van der Waals surface area contributed by atoms with Crippen LogP contribution < -0.4 is 34.7 Å². The minimum Gasteiger partial charge on any atom is -0.550 e. The zero-order valence-electron chi connectivity index (χ0n) is 23.2.